The number of sulfonamides is 1. The summed E-state index contributed by atoms with van der Waals surface area (Å²) in [6.07, 6.45) is -4.96. The second-order valence-corrected chi connectivity index (χ2v) is 6.30. The van der Waals surface area contributed by atoms with Crippen LogP contribution in [0, 0.1) is 0 Å². The van der Waals surface area contributed by atoms with Crippen molar-refractivity contribution in [3.63, 3.8) is 0 Å². The van der Waals surface area contributed by atoms with E-state index < -0.39 is 38.4 Å². The summed E-state index contributed by atoms with van der Waals surface area (Å²) in [5.74, 6) is 0. The van der Waals surface area contributed by atoms with Crippen molar-refractivity contribution in [2.45, 2.75) is 11.1 Å². The lowest BCUT2D eigenvalue weighted by Gasteiger charge is -2.13. The predicted molar refractivity (Wildman–Crippen MR) is 76.6 cm³/mol. The number of amides is 1. The lowest BCUT2D eigenvalue weighted by molar-refractivity contribution is -0.139. The molecule has 0 spiro atoms. The Balaban J connectivity index is 2.44. The van der Waals surface area contributed by atoms with Gasteiger partial charge in [0.1, 0.15) is 0 Å². The van der Waals surface area contributed by atoms with Crippen LogP contribution in [0.3, 0.4) is 0 Å². The van der Waals surface area contributed by atoms with Gasteiger partial charge in [-0.1, -0.05) is 12.1 Å². The second kappa shape index (κ2) is 6.23. The Kier molecular flexibility index (Phi) is 4.61. The van der Waals surface area contributed by atoms with Crippen LogP contribution in [0.5, 0.6) is 6.01 Å². The number of nitrogens with one attached hydrogen (secondary N) is 1. The highest BCUT2D eigenvalue weighted by molar-refractivity contribution is 7.90. The van der Waals surface area contributed by atoms with Gasteiger partial charge in [0.25, 0.3) is 10.0 Å². The lowest BCUT2D eigenvalue weighted by Crippen LogP contribution is -2.40. The first-order valence-electron chi connectivity index (χ1n) is 6.42. The third-order valence-electron chi connectivity index (χ3n) is 3.02. The zero-order valence-corrected chi connectivity index (χ0v) is 13.6. The lowest BCUT2D eigenvalue weighted by atomic mass is 10.2. The third-order valence-corrected chi connectivity index (χ3v) is 4.40. The van der Waals surface area contributed by atoms with Gasteiger partial charge in [0.2, 0.25) is 0 Å². The van der Waals surface area contributed by atoms with E-state index in [1.807, 2.05) is 0 Å². The zero-order chi connectivity index (χ0) is 19.0. The van der Waals surface area contributed by atoms with Crippen LogP contribution in [0.25, 0.3) is 0 Å². The van der Waals surface area contributed by atoms with Gasteiger partial charge in [0.05, 0.1) is 17.6 Å². The molecular weight excluding hydrogens is 369 g/mol. The maximum absolute atomic E-state index is 12.9. The summed E-state index contributed by atoms with van der Waals surface area (Å²) in [6.45, 7) is 0. The Labute approximate surface area is 138 Å². The number of benzene rings is 1. The fourth-order valence-corrected chi connectivity index (χ4v) is 3.03. The average molecular weight is 380 g/mol. The van der Waals surface area contributed by atoms with Crippen molar-refractivity contribution in [1.82, 2.24) is 19.1 Å². The van der Waals surface area contributed by atoms with Gasteiger partial charge in [-0.25, -0.2) is 27.3 Å². The van der Waals surface area contributed by atoms with E-state index in [-0.39, 0.29) is 10.7 Å². The van der Waals surface area contributed by atoms with Gasteiger partial charge < -0.3 is 4.74 Å². The molecule has 0 fully saturated rings. The number of hydrogen-bond donors (Lipinski definition) is 1. The number of aromatic nitrogens is 3. The smallest absolute Gasteiger partial charge is 0.417 e. The van der Waals surface area contributed by atoms with Crippen molar-refractivity contribution in [3.05, 3.63) is 40.3 Å². The summed E-state index contributed by atoms with van der Waals surface area (Å²) in [5.41, 5.74) is -2.50. The number of carbonyl (C=O) groups excluding carboxylic acids is 1. The van der Waals surface area contributed by atoms with Crippen LogP contribution in [0.1, 0.15) is 5.56 Å². The Morgan fingerprint density at radius 3 is 2.40 bits per heavy atom. The molecule has 136 valence electrons. The van der Waals surface area contributed by atoms with Crippen LogP contribution < -0.4 is 15.1 Å². The number of halogens is 3. The van der Waals surface area contributed by atoms with Crippen LogP contribution in [0.15, 0.2) is 34.0 Å². The minimum Gasteiger partial charge on any atom is -0.467 e. The van der Waals surface area contributed by atoms with Gasteiger partial charge in [0, 0.05) is 7.05 Å². The highest BCUT2D eigenvalue weighted by Crippen LogP contribution is 2.33. The number of methoxy groups -OCH3 is 1. The van der Waals surface area contributed by atoms with E-state index >= 15 is 0 Å². The first-order chi connectivity index (χ1) is 11.5. The number of ether oxygens (including phenoxy) is 1. The maximum Gasteiger partial charge on any atom is 0.417 e. The van der Waals surface area contributed by atoms with E-state index in [0.29, 0.717) is 12.1 Å². The van der Waals surface area contributed by atoms with E-state index in [9.17, 15) is 31.2 Å². The Morgan fingerprint density at radius 1 is 1.28 bits per heavy atom. The standard InChI is InChI=1S/C12H11F3N4O5S/c1-18-10(24-2)16-19(11(18)21)9(20)17-25(22,23)8-6-4-3-5-7(8)12(13,14)15/h3-6H,1-2H3,(H,17,20). The molecule has 1 heterocycles. The van der Waals surface area contributed by atoms with Crippen LogP contribution >= 0.6 is 0 Å². The zero-order valence-electron chi connectivity index (χ0n) is 12.7. The molecule has 25 heavy (non-hydrogen) atoms. The highest BCUT2D eigenvalue weighted by atomic mass is 32.2. The molecule has 0 radical (unpaired) electrons. The SMILES string of the molecule is COc1nn(C(=O)NS(=O)(=O)c2ccccc2C(F)(F)F)c(=O)n1C. The van der Waals surface area contributed by atoms with Crippen LogP contribution in [-0.4, -0.2) is 35.9 Å². The first kappa shape index (κ1) is 18.5. The molecule has 1 aromatic heterocycles. The molecule has 1 aromatic carbocycles. The molecular formula is C12H11F3N4O5S. The van der Waals surface area contributed by atoms with Crippen molar-refractivity contribution in [3.8, 4) is 6.01 Å². The summed E-state index contributed by atoms with van der Waals surface area (Å²) in [4.78, 5) is 22.6. The molecule has 0 bridgehead atoms. The Morgan fingerprint density at radius 2 is 1.88 bits per heavy atom. The Bertz CT molecular complexity index is 977. The summed E-state index contributed by atoms with van der Waals surface area (Å²) in [7, 11) is -2.56. The van der Waals surface area contributed by atoms with Crippen molar-refractivity contribution >= 4 is 16.1 Å². The number of rotatable bonds is 3. The summed E-state index contributed by atoms with van der Waals surface area (Å²) < 4.78 is 70.1. The monoisotopic (exact) mass is 380 g/mol. The molecule has 9 nitrogen and oxygen atoms in total. The quantitative estimate of drug-likeness (QED) is 0.833. The minimum atomic E-state index is -4.96. The van der Waals surface area contributed by atoms with Crippen LogP contribution in [-0.2, 0) is 23.2 Å². The number of carbonyl (C=O) groups is 1. The second-order valence-electron chi connectivity index (χ2n) is 4.64. The number of nitrogens with zero attached hydrogens (tertiary/aromatic N) is 3. The van der Waals surface area contributed by atoms with Crippen molar-refractivity contribution in [1.29, 1.82) is 0 Å². The molecule has 0 saturated heterocycles. The Hall–Kier alpha value is -2.83. The van der Waals surface area contributed by atoms with Gasteiger partial charge in [-0.15, -0.1) is 9.78 Å². The molecule has 2 aromatic rings. The molecule has 0 aliphatic rings. The van der Waals surface area contributed by atoms with Crippen molar-refractivity contribution in [2.24, 2.45) is 7.05 Å². The van der Waals surface area contributed by atoms with Gasteiger partial charge in [-0.05, 0) is 12.1 Å². The number of hydrogen-bond acceptors (Lipinski definition) is 6. The number of alkyl halides is 3. The van der Waals surface area contributed by atoms with Crippen molar-refractivity contribution in [2.75, 3.05) is 7.11 Å². The minimum absolute atomic E-state index is 0.118. The molecule has 13 heteroatoms. The largest absolute Gasteiger partial charge is 0.467 e. The van der Waals surface area contributed by atoms with Gasteiger partial charge in [-0.3, -0.25) is 0 Å². The van der Waals surface area contributed by atoms with E-state index in [2.05, 4.69) is 9.84 Å². The van der Waals surface area contributed by atoms with E-state index in [0.717, 1.165) is 23.8 Å². The summed E-state index contributed by atoms with van der Waals surface area (Å²) in [5, 5.41) is 3.42. The molecule has 1 amide bonds. The first-order valence-corrected chi connectivity index (χ1v) is 7.90. The molecule has 0 saturated carbocycles. The molecule has 0 unspecified atom stereocenters. The molecule has 0 aliphatic heterocycles. The summed E-state index contributed by atoms with van der Waals surface area (Å²) >= 11 is 0. The van der Waals surface area contributed by atoms with Gasteiger partial charge in [-0.2, -0.15) is 13.2 Å². The topological polar surface area (TPSA) is 112 Å². The molecule has 2 rings (SSSR count). The fourth-order valence-electron chi connectivity index (χ4n) is 1.88. The van der Waals surface area contributed by atoms with Crippen LogP contribution in [0.2, 0.25) is 0 Å². The average Bonchev–Trinajstić information content (AvgIpc) is 2.81. The molecule has 1 N–H and O–H groups in total. The van der Waals surface area contributed by atoms with Gasteiger partial charge in [0.15, 0.2) is 0 Å². The van der Waals surface area contributed by atoms with Crippen LogP contribution in [0.4, 0.5) is 18.0 Å². The van der Waals surface area contributed by atoms with E-state index in [1.165, 1.54) is 11.8 Å². The molecule has 0 aliphatic carbocycles. The maximum atomic E-state index is 12.9. The fraction of sp³-hybridized carbons (Fsp3) is 0.250. The van der Waals surface area contributed by atoms with E-state index in [4.69, 9.17) is 0 Å². The molecule has 0 atom stereocenters. The normalized spacial score (nSPS) is 12.0. The summed E-state index contributed by atoms with van der Waals surface area (Å²) in [6, 6.07) is 1.44. The third kappa shape index (κ3) is 3.50. The predicted octanol–water partition coefficient (Wildman–Crippen LogP) is 0.556. The highest BCUT2D eigenvalue weighted by Gasteiger charge is 2.37. The van der Waals surface area contributed by atoms with Crippen molar-refractivity contribution < 1.29 is 31.1 Å². The van der Waals surface area contributed by atoms with E-state index in [1.54, 1.807) is 0 Å². The van der Waals surface area contributed by atoms with Gasteiger partial charge >= 0.3 is 23.9 Å².